The monoisotopic (exact) mass is 276 g/mol. The fourth-order valence-corrected chi connectivity index (χ4v) is 1.59. The molecule has 0 aliphatic carbocycles. The van der Waals surface area contributed by atoms with E-state index in [1.165, 1.54) is 6.08 Å². The van der Waals surface area contributed by atoms with Crippen LogP contribution in [-0.2, 0) is 4.79 Å². The van der Waals surface area contributed by atoms with E-state index in [9.17, 15) is 13.6 Å². The number of benzene rings is 2. The van der Waals surface area contributed by atoms with Crippen molar-refractivity contribution < 1.29 is 23.4 Å². The first kappa shape index (κ1) is 13.7. The zero-order chi connectivity index (χ0) is 14.5. The molecule has 2 aromatic rings. The molecule has 102 valence electrons. The van der Waals surface area contributed by atoms with Crippen molar-refractivity contribution in [3.8, 4) is 11.5 Å². The smallest absolute Gasteiger partial charge is 0.328 e. The first-order chi connectivity index (χ1) is 9.54. The van der Waals surface area contributed by atoms with Gasteiger partial charge in [0.15, 0.2) is 0 Å². The highest BCUT2D eigenvalue weighted by atomic mass is 19.1. The van der Waals surface area contributed by atoms with Crippen molar-refractivity contribution in [1.82, 2.24) is 0 Å². The maximum atomic E-state index is 13.1. The van der Waals surface area contributed by atoms with E-state index in [0.29, 0.717) is 11.3 Å². The highest BCUT2D eigenvalue weighted by Gasteiger charge is 2.05. The summed E-state index contributed by atoms with van der Waals surface area (Å²) in [6.07, 6.45) is 2.29. The summed E-state index contributed by atoms with van der Waals surface area (Å²) < 4.78 is 31.5. The van der Waals surface area contributed by atoms with Gasteiger partial charge in [-0.15, -0.1) is 0 Å². The van der Waals surface area contributed by atoms with Crippen molar-refractivity contribution in [3.63, 3.8) is 0 Å². The summed E-state index contributed by atoms with van der Waals surface area (Å²) >= 11 is 0. The Hall–Kier alpha value is -2.69. The lowest BCUT2D eigenvalue weighted by Gasteiger charge is -2.08. The molecule has 0 atom stereocenters. The summed E-state index contributed by atoms with van der Waals surface area (Å²) in [5.41, 5.74) is 0.486. The van der Waals surface area contributed by atoms with E-state index in [1.54, 1.807) is 24.3 Å². The van der Waals surface area contributed by atoms with Gasteiger partial charge >= 0.3 is 5.97 Å². The number of carboxylic acids is 1. The molecule has 0 fully saturated rings. The van der Waals surface area contributed by atoms with Crippen molar-refractivity contribution in [1.29, 1.82) is 0 Å². The van der Waals surface area contributed by atoms with Crippen molar-refractivity contribution in [2.24, 2.45) is 0 Å². The van der Waals surface area contributed by atoms with E-state index in [1.807, 2.05) is 0 Å². The largest absolute Gasteiger partial charge is 0.478 e. The number of hydrogen-bond donors (Lipinski definition) is 1. The molecule has 2 aromatic carbocycles. The van der Waals surface area contributed by atoms with Crippen molar-refractivity contribution >= 4 is 12.0 Å². The normalized spacial score (nSPS) is 10.7. The van der Waals surface area contributed by atoms with Gasteiger partial charge < -0.3 is 9.84 Å². The van der Waals surface area contributed by atoms with Crippen LogP contribution in [-0.4, -0.2) is 11.1 Å². The lowest BCUT2D eigenvalue weighted by molar-refractivity contribution is -0.131. The van der Waals surface area contributed by atoms with Crippen LogP contribution < -0.4 is 4.74 Å². The van der Waals surface area contributed by atoms with Gasteiger partial charge in [0.25, 0.3) is 0 Å². The Balaban J connectivity index is 2.31. The molecule has 0 bridgehead atoms. The Kier molecular flexibility index (Phi) is 4.10. The molecule has 0 heterocycles. The molecule has 0 aromatic heterocycles. The molecule has 3 nitrogen and oxygen atoms in total. The van der Waals surface area contributed by atoms with Crippen LogP contribution in [0.3, 0.4) is 0 Å². The summed E-state index contributed by atoms with van der Waals surface area (Å²) in [5, 5.41) is 8.60. The quantitative estimate of drug-likeness (QED) is 0.863. The number of carbonyl (C=O) groups is 1. The molecule has 0 radical (unpaired) electrons. The molecule has 0 amide bonds. The van der Waals surface area contributed by atoms with Crippen LogP contribution >= 0.6 is 0 Å². The van der Waals surface area contributed by atoms with Gasteiger partial charge in [-0.05, 0) is 12.1 Å². The fraction of sp³-hybridized carbons (Fsp3) is 0. The molecule has 0 saturated carbocycles. The van der Waals surface area contributed by atoms with Gasteiger partial charge in [0, 0.05) is 29.8 Å². The van der Waals surface area contributed by atoms with Crippen molar-refractivity contribution in [2.75, 3.05) is 0 Å². The molecule has 1 N–H and O–H groups in total. The summed E-state index contributed by atoms with van der Waals surface area (Å²) in [6.45, 7) is 0. The predicted molar refractivity (Wildman–Crippen MR) is 69.5 cm³/mol. The van der Waals surface area contributed by atoms with Crippen LogP contribution in [0.1, 0.15) is 5.56 Å². The van der Waals surface area contributed by atoms with Crippen LogP contribution in [0.5, 0.6) is 11.5 Å². The number of carboxylic acid groups (broad SMARTS) is 1. The second kappa shape index (κ2) is 5.97. The van der Waals surface area contributed by atoms with Gasteiger partial charge in [0.1, 0.15) is 23.1 Å². The highest BCUT2D eigenvalue weighted by molar-refractivity contribution is 5.85. The second-order valence-electron chi connectivity index (χ2n) is 3.92. The van der Waals surface area contributed by atoms with Gasteiger partial charge in [-0.1, -0.05) is 18.2 Å². The summed E-state index contributed by atoms with van der Waals surface area (Å²) in [4.78, 5) is 10.5. The minimum Gasteiger partial charge on any atom is -0.478 e. The summed E-state index contributed by atoms with van der Waals surface area (Å²) in [6, 6.07) is 9.39. The molecule has 0 aliphatic rings. The zero-order valence-electron chi connectivity index (χ0n) is 10.2. The molecule has 0 saturated heterocycles. The summed E-state index contributed by atoms with van der Waals surface area (Å²) in [5.74, 6) is -2.30. The van der Waals surface area contributed by atoms with E-state index in [0.717, 1.165) is 24.3 Å². The Morgan fingerprint density at radius 1 is 1.10 bits per heavy atom. The van der Waals surface area contributed by atoms with Gasteiger partial charge in [-0.25, -0.2) is 13.6 Å². The Morgan fingerprint density at radius 3 is 2.40 bits per heavy atom. The molecule has 2 rings (SSSR count). The Morgan fingerprint density at radius 2 is 1.75 bits per heavy atom. The van der Waals surface area contributed by atoms with E-state index in [2.05, 4.69) is 0 Å². The van der Waals surface area contributed by atoms with Crippen LogP contribution in [0.4, 0.5) is 8.78 Å². The Bertz CT molecular complexity index is 646. The minimum atomic E-state index is -1.10. The fourth-order valence-electron chi connectivity index (χ4n) is 1.59. The van der Waals surface area contributed by atoms with Gasteiger partial charge in [-0.3, -0.25) is 0 Å². The molecule has 5 heteroatoms. The minimum absolute atomic E-state index is 0.00123. The van der Waals surface area contributed by atoms with Crippen LogP contribution in [0.2, 0.25) is 0 Å². The van der Waals surface area contributed by atoms with Gasteiger partial charge in [0.05, 0.1) is 0 Å². The van der Waals surface area contributed by atoms with E-state index >= 15 is 0 Å². The highest BCUT2D eigenvalue weighted by Crippen LogP contribution is 2.27. The first-order valence-electron chi connectivity index (χ1n) is 5.68. The predicted octanol–water partition coefficient (Wildman–Crippen LogP) is 3.85. The third kappa shape index (κ3) is 3.65. The lowest BCUT2D eigenvalue weighted by atomic mass is 10.2. The van der Waals surface area contributed by atoms with Crippen molar-refractivity contribution in [3.05, 3.63) is 65.7 Å². The lowest BCUT2D eigenvalue weighted by Crippen LogP contribution is -1.91. The summed E-state index contributed by atoms with van der Waals surface area (Å²) in [7, 11) is 0. The third-order valence-corrected chi connectivity index (χ3v) is 2.39. The van der Waals surface area contributed by atoms with E-state index < -0.39 is 17.6 Å². The number of aliphatic carboxylic acids is 1. The van der Waals surface area contributed by atoms with Crippen LogP contribution in [0.25, 0.3) is 6.08 Å². The average Bonchev–Trinajstić information content (AvgIpc) is 2.36. The van der Waals surface area contributed by atoms with Crippen LogP contribution in [0.15, 0.2) is 48.5 Å². The molecule has 20 heavy (non-hydrogen) atoms. The SMILES string of the molecule is O=C(O)/C=C/c1ccccc1Oc1cc(F)cc(F)c1. The topological polar surface area (TPSA) is 46.5 Å². The maximum absolute atomic E-state index is 13.1. The maximum Gasteiger partial charge on any atom is 0.328 e. The Labute approximate surface area is 113 Å². The first-order valence-corrected chi connectivity index (χ1v) is 5.68. The second-order valence-corrected chi connectivity index (χ2v) is 3.92. The number of hydrogen-bond acceptors (Lipinski definition) is 2. The van der Waals surface area contributed by atoms with E-state index in [4.69, 9.17) is 9.84 Å². The third-order valence-electron chi connectivity index (χ3n) is 2.39. The van der Waals surface area contributed by atoms with Crippen LogP contribution in [0, 0.1) is 11.6 Å². The number of ether oxygens (including phenoxy) is 1. The molecule has 0 unspecified atom stereocenters. The zero-order valence-corrected chi connectivity index (χ0v) is 10.2. The molecular weight excluding hydrogens is 266 g/mol. The molecule has 0 aliphatic heterocycles. The standard InChI is InChI=1S/C15H10F2O3/c16-11-7-12(17)9-13(8-11)20-14-4-2-1-3-10(14)5-6-15(18)19/h1-9H,(H,18,19)/b6-5+. The van der Waals surface area contributed by atoms with Gasteiger partial charge in [0.2, 0.25) is 0 Å². The number of rotatable bonds is 4. The average molecular weight is 276 g/mol. The number of para-hydroxylation sites is 1. The molecule has 0 spiro atoms. The van der Waals surface area contributed by atoms with Gasteiger partial charge in [-0.2, -0.15) is 0 Å². The van der Waals surface area contributed by atoms with E-state index in [-0.39, 0.29) is 5.75 Å². The number of halogens is 2. The van der Waals surface area contributed by atoms with Crippen molar-refractivity contribution in [2.45, 2.75) is 0 Å². The molecular formula is C15H10F2O3.